The lowest BCUT2D eigenvalue weighted by Crippen LogP contribution is -2.44. The van der Waals surface area contributed by atoms with Crippen LogP contribution in [0.4, 0.5) is 9.18 Å². The predicted octanol–water partition coefficient (Wildman–Crippen LogP) is 6.87. The van der Waals surface area contributed by atoms with Crippen molar-refractivity contribution in [2.75, 3.05) is 13.1 Å². The Bertz CT molecular complexity index is 1310. The molecule has 0 radical (unpaired) electrons. The fraction of sp³-hybridized carbons (Fsp3) is 0.500. The molecule has 2 fully saturated rings. The molecule has 1 aromatic heterocycles. The second-order valence-electron chi connectivity index (χ2n) is 11.6. The average molecular weight is 549 g/mol. The van der Waals surface area contributed by atoms with Crippen LogP contribution in [-0.4, -0.2) is 46.1 Å². The summed E-state index contributed by atoms with van der Waals surface area (Å²) in [6, 6.07) is 15.1. The minimum absolute atomic E-state index is 0.170. The Morgan fingerprint density at radius 2 is 1.80 bits per heavy atom. The summed E-state index contributed by atoms with van der Waals surface area (Å²) in [4.78, 5) is 15.3. The number of carbonyl (C=O) groups is 1. The highest BCUT2D eigenvalue weighted by molar-refractivity contribution is 6.01. The summed E-state index contributed by atoms with van der Waals surface area (Å²) in [5, 5.41) is 16.3. The molecule has 1 aliphatic heterocycles. The number of carbonyl (C=O) groups excluding carboxylic acids is 1. The maximum absolute atomic E-state index is 14.3. The van der Waals surface area contributed by atoms with Crippen LogP contribution in [0.1, 0.15) is 75.2 Å². The smallest absolute Gasteiger partial charge is 0.407 e. The summed E-state index contributed by atoms with van der Waals surface area (Å²) >= 11 is 0. The fourth-order valence-electron chi connectivity index (χ4n) is 6.74. The van der Waals surface area contributed by atoms with E-state index in [1.807, 2.05) is 30.3 Å². The van der Waals surface area contributed by atoms with E-state index in [4.69, 9.17) is 4.74 Å². The SMILES string of the molecule is CC(C)C1CCC(N2CCC(n3c(CNC(=O)OCc4ccccc4)c(/C=N/O)c4cc(F)ccc43)CC2)CC1. The third-order valence-electron chi connectivity index (χ3n) is 8.97. The number of nitrogens with one attached hydrogen (secondary N) is 1. The molecular formula is C32H41FN4O3. The van der Waals surface area contributed by atoms with Crippen molar-refractivity contribution in [1.82, 2.24) is 14.8 Å². The second kappa shape index (κ2) is 12.9. The number of fused-ring (bicyclic) bond motifs is 1. The molecule has 0 atom stereocenters. The van der Waals surface area contributed by atoms with Crippen molar-refractivity contribution in [1.29, 1.82) is 0 Å². The molecule has 2 aromatic carbocycles. The minimum Gasteiger partial charge on any atom is -0.445 e. The maximum atomic E-state index is 14.3. The molecular weight excluding hydrogens is 507 g/mol. The molecule has 1 saturated heterocycles. The number of nitrogens with zero attached hydrogens (tertiary/aromatic N) is 3. The second-order valence-corrected chi connectivity index (χ2v) is 11.6. The maximum Gasteiger partial charge on any atom is 0.407 e. The van der Waals surface area contributed by atoms with Gasteiger partial charge in [-0.25, -0.2) is 9.18 Å². The van der Waals surface area contributed by atoms with E-state index < -0.39 is 6.09 Å². The summed E-state index contributed by atoms with van der Waals surface area (Å²) in [5.74, 6) is 1.25. The molecule has 2 N–H and O–H groups in total. The van der Waals surface area contributed by atoms with Crippen molar-refractivity contribution < 1.29 is 19.1 Å². The molecule has 3 aromatic rings. The van der Waals surface area contributed by atoms with Crippen LogP contribution in [0.3, 0.4) is 0 Å². The van der Waals surface area contributed by atoms with Gasteiger partial charge in [-0.3, -0.25) is 0 Å². The first kappa shape index (κ1) is 28.1. The Labute approximate surface area is 236 Å². The first-order valence-corrected chi connectivity index (χ1v) is 14.6. The number of halogens is 1. The number of aromatic nitrogens is 1. The van der Waals surface area contributed by atoms with E-state index in [0.717, 1.165) is 54.5 Å². The number of hydrogen-bond donors (Lipinski definition) is 2. The molecule has 0 bridgehead atoms. The number of amides is 1. The van der Waals surface area contributed by atoms with Gasteiger partial charge in [-0.2, -0.15) is 0 Å². The van der Waals surface area contributed by atoms with Crippen LogP contribution in [-0.2, 0) is 17.9 Å². The zero-order valence-corrected chi connectivity index (χ0v) is 23.6. The van der Waals surface area contributed by atoms with Gasteiger partial charge in [0.25, 0.3) is 0 Å². The highest BCUT2D eigenvalue weighted by Crippen LogP contribution is 2.37. The summed E-state index contributed by atoms with van der Waals surface area (Å²) in [5.41, 5.74) is 3.17. The van der Waals surface area contributed by atoms with E-state index in [0.29, 0.717) is 17.0 Å². The minimum atomic E-state index is -0.537. The van der Waals surface area contributed by atoms with Gasteiger partial charge in [0, 0.05) is 47.3 Å². The largest absolute Gasteiger partial charge is 0.445 e. The van der Waals surface area contributed by atoms with Gasteiger partial charge in [-0.1, -0.05) is 49.3 Å². The number of rotatable bonds is 8. The van der Waals surface area contributed by atoms with Crippen molar-refractivity contribution >= 4 is 23.2 Å². The lowest BCUT2D eigenvalue weighted by molar-refractivity contribution is 0.0888. The van der Waals surface area contributed by atoms with Crippen molar-refractivity contribution in [3.63, 3.8) is 0 Å². The van der Waals surface area contributed by atoms with Gasteiger partial charge >= 0.3 is 6.09 Å². The van der Waals surface area contributed by atoms with Crippen molar-refractivity contribution in [3.8, 4) is 0 Å². The molecule has 1 saturated carbocycles. The quantitative estimate of drug-likeness (QED) is 0.183. The molecule has 8 heteroatoms. The summed E-state index contributed by atoms with van der Waals surface area (Å²) < 4.78 is 22.0. The monoisotopic (exact) mass is 548 g/mol. The van der Waals surface area contributed by atoms with E-state index in [9.17, 15) is 14.4 Å². The third-order valence-corrected chi connectivity index (χ3v) is 8.97. The highest BCUT2D eigenvalue weighted by Gasteiger charge is 2.32. The molecule has 2 aliphatic rings. The molecule has 1 aliphatic carbocycles. The van der Waals surface area contributed by atoms with E-state index in [1.165, 1.54) is 44.0 Å². The van der Waals surface area contributed by atoms with Crippen LogP contribution < -0.4 is 5.32 Å². The van der Waals surface area contributed by atoms with Crippen LogP contribution in [0.5, 0.6) is 0 Å². The Balaban J connectivity index is 1.32. The number of piperidine rings is 1. The number of benzene rings is 2. The average Bonchev–Trinajstić information content (AvgIpc) is 3.28. The van der Waals surface area contributed by atoms with Gasteiger partial charge in [0.2, 0.25) is 0 Å². The Kier molecular flexibility index (Phi) is 9.04. The fourth-order valence-corrected chi connectivity index (χ4v) is 6.74. The van der Waals surface area contributed by atoms with Crippen molar-refractivity contribution in [2.24, 2.45) is 17.0 Å². The topological polar surface area (TPSA) is 79.1 Å². The van der Waals surface area contributed by atoms with Crippen molar-refractivity contribution in [3.05, 3.63) is 71.2 Å². The van der Waals surface area contributed by atoms with Gasteiger partial charge in [0.05, 0.1) is 12.8 Å². The summed E-state index contributed by atoms with van der Waals surface area (Å²) in [6.07, 6.45) is 7.91. The number of hydrogen-bond acceptors (Lipinski definition) is 5. The summed E-state index contributed by atoms with van der Waals surface area (Å²) in [7, 11) is 0. The number of alkyl carbamates (subject to hydrolysis) is 1. The third kappa shape index (κ3) is 6.33. The van der Waals surface area contributed by atoms with Crippen LogP contribution in [0.15, 0.2) is 53.7 Å². The standard InChI is InChI=1S/C32H41FN4O3/c1-22(2)24-8-11-26(12-9-24)36-16-14-27(15-17-36)37-30-13-10-25(33)18-28(30)29(19-35-39)31(37)20-34-32(38)40-21-23-6-4-3-5-7-23/h3-7,10,13,18-19,22,24,26-27,39H,8-9,11-12,14-17,20-21H2,1-2H3,(H,34,38)/b35-19+. The molecule has 214 valence electrons. The Hall–Kier alpha value is -3.39. The van der Waals surface area contributed by atoms with Gasteiger partial charge in [-0.05, 0) is 74.1 Å². The van der Waals surface area contributed by atoms with Gasteiger partial charge in [0.15, 0.2) is 0 Å². The molecule has 40 heavy (non-hydrogen) atoms. The normalized spacial score (nSPS) is 20.9. The zero-order valence-electron chi connectivity index (χ0n) is 23.6. The molecule has 2 heterocycles. The van der Waals surface area contributed by atoms with Crippen LogP contribution in [0.25, 0.3) is 10.9 Å². The number of likely N-dealkylation sites (tertiary alicyclic amines) is 1. The van der Waals surface area contributed by atoms with Crippen molar-refractivity contribution in [2.45, 2.75) is 77.6 Å². The molecule has 0 spiro atoms. The lowest BCUT2D eigenvalue weighted by Gasteiger charge is -2.42. The Morgan fingerprint density at radius 3 is 2.48 bits per heavy atom. The van der Waals surface area contributed by atoms with E-state index in [1.54, 1.807) is 6.07 Å². The molecule has 7 nitrogen and oxygen atoms in total. The highest BCUT2D eigenvalue weighted by atomic mass is 19.1. The molecule has 5 rings (SSSR count). The molecule has 1 amide bonds. The van der Waals surface area contributed by atoms with Crippen LogP contribution in [0.2, 0.25) is 0 Å². The van der Waals surface area contributed by atoms with Crippen LogP contribution >= 0.6 is 0 Å². The molecule has 0 unspecified atom stereocenters. The van der Waals surface area contributed by atoms with Gasteiger partial charge < -0.3 is 24.7 Å². The Morgan fingerprint density at radius 1 is 1.07 bits per heavy atom. The number of ether oxygens (including phenoxy) is 1. The van der Waals surface area contributed by atoms with Gasteiger partial charge in [-0.15, -0.1) is 0 Å². The van der Waals surface area contributed by atoms with E-state index in [2.05, 4.69) is 33.8 Å². The summed E-state index contributed by atoms with van der Waals surface area (Å²) in [6.45, 7) is 7.05. The van der Waals surface area contributed by atoms with Crippen LogP contribution in [0, 0.1) is 17.7 Å². The van der Waals surface area contributed by atoms with E-state index in [-0.39, 0.29) is 25.0 Å². The predicted molar refractivity (Wildman–Crippen MR) is 155 cm³/mol. The number of oxime groups is 1. The zero-order chi connectivity index (χ0) is 28.1. The first-order valence-electron chi connectivity index (χ1n) is 14.6. The lowest BCUT2D eigenvalue weighted by atomic mass is 9.79. The van der Waals surface area contributed by atoms with E-state index >= 15 is 0 Å². The van der Waals surface area contributed by atoms with Gasteiger partial charge in [0.1, 0.15) is 12.4 Å². The first-order chi connectivity index (χ1) is 19.4.